The number of hydrogen-bond acceptors (Lipinski definition) is 2. The molecule has 1 N–H and O–H groups in total. The fourth-order valence-corrected chi connectivity index (χ4v) is 3.33. The van der Waals surface area contributed by atoms with Gasteiger partial charge in [-0.05, 0) is 28.7 Å². The molecule has 4 heteroatoms. The fourth-order valence-electron chi connectivity index (χ4n) is 3.33. The van der Waals surface area contributed by atoms with E-state index < -0.39 is 0 Å². The third-order valence-electron chi connectivity index (χ3n) is 4.82. The van der Waals surface area contributed by atoms with Crippen LogP contribution < -0.4 is 5.32 Å². The van der Waals surface area contributed by atoms with Gasteiger partial charge in [0.2, 0.25) is 11.8 Å². The molecule has 0 bridgehead atoms. The number of hydrogen-bond donors (Lipinski definition) is 1. The molecule has 26 heavy (non-hydrogen) atoms. The van der Waals surface area contributed by atoms with E-state index in [9.17, 15) is 9.59 Å². The van der Waals surface area contributed by atoms with Crippen molar-refractivity contribution in [3.63, 3.8) is 0 Å². The first-order valence-corrected chi connectivity index (χ1v) is 8.94. The predicted molar refractivity (Wildman–Crippen MR) is 103 cm³/mol. The van der Waals surface area contributed by atoms with Crippen LogP contribution in [0.25, 0.3) is 6.08 Å². The zero-order chi connectivity index (χ0) is 18.5. The van der Waals surface area contributed by atoms with Crippen LogP contribution in [0.1, 0.15) is 48.9 Å². The Hall–Kier alpha value is -2.88. The van der Waals surface area contributed by atoms with Crippen molar-refractivity contribution >= 4 is 17.9 Å². The standard InChI is InChI=1S/C22H24N2O2/c1-16(18-8-4-3-5-9-18)15-23-22(26)14-21-20-11-7-6-10-19(20)12-13-24(21)17(2)25/h3-13,16,21H,14-15H2,1-2H3,(H,23,26). The highest BCUT2D eigenvalue weighted by Crippen LogP contribution is 2.32. The van der Waals surface area contributed by atoms with Crippen LogP contribution in [0.4, 0.5) is 0 Å². The minimum absolute atomic E-state index is 0.0471. The summed E-state index contributed by atoms with van der Waals surface area (Å²) in [6, 6.07) is 17.8. The SMILES string of the molecule is CC(=O)N1C=Cc2ccccc2C1CC(=O)NCC(C)c1ccccc1. The number of benzene rings is 2. The number of fused-ring (bicyclic) bond motifs is 1. The second-order valence-corrected chi connectivity index (χ2v) is 6.71. The molecule has 2 aromatic rings. The molecule has 3 rings (SSSR count). The van der Waals surface area contributed by atoms with Gasteiger partial charge in [-0.3, -0.25) is 9.59 Å². The maximum absolute atomic E-state index is 12.6. The second-order valence-electron chi connectivity index (χ2n) is 6.71. The normalized spacial score (nSPS) is 16.7. The van der Waals surface area contributed by atoms with E-state index in [4.69, 9.17) is 0 Å². The zero-order valence-electron chi connectivity index (χ0n) is 15.2. The average Bonchev–Trinajstić information content (AvgIpc) is 2.66. The molecule has 0 aliphatic carbocycles. The van der Waals surface area contributed by atoms with Crippen LogP contribution in [0.15, 0.2) is 60.8 Å². The molecular weight excluding hydrogens is 324 g/mol. The van der Waals surface area contributed by atoms with E-state index in [2.05, 4.69) is 24.4 Å². The van der Waals surface area contributed by atoms with E-state index in [0.717, 1.165) is 11.1 Å². The molecule has 2 aromatic carbocycles. The van der Waals surface area contributed by atoms with Crippen molar-refractivity contribution < 1.29 is 9.59 Å². The maximum atomic E-state index is 12.6. The monoisotopic (exact) mass is 348 g/mol. The molecular formula is C22H24N2O2. The van der Waals surface area contributed by atoms with Crippen LogP contribution in [0, 0.1) is 0 Å². The van der Waals surface area contributed by atoms with Crippen molar-refractivity contribution in [3.05, 3.63) is 77.5 Å². The van der Waals surface area contributed by atoms with Crippen LogP contribution in [0.2, 0.25) is 0 Å². The van der Waals surface area contributed by atoms with Crippen molar-refractivity contribution in [3.8, 4) is 0 Å². The number of carbonyl (C=O) groups is 2. The smallest absolute Gasteiger partial charge is 0.223 e. The first-order chi connectivity index (χ1) is 12.6. The van der Waals surface area contributed by atoms with Crippen LogP contribution in [0.5, 0.6) is 0 Å². The molecule has 4 nitrogen and oxygen atoms in total. The molecule has 0 aromatic heterocycles. The van der Waals surface area contributed by atoms with Gasteiger partial charge in [-0.25, -0.2) is 0 Å². The Bertz CT molecular complexity index is 814. The van der Waals surface area contributed by atoms with Crippen LogP contribution in [-0.4, -0.2) is 23.3 Å². The van der Waals surface area contributed by atoms with Gasteiger partial charge in [0, 0.05) is 19.7 Å². The summed E-state index contributed by atoms with van der Waals surface area (Å²) in [5.41, 5.74) is 3.26. The maximum Gasteiger partial charge on any atom is 0.223 e. The summed E-state index contributed by atoms with van der Waals surface area (Å²) in [6.45, 7) is 4.20. The van der Waals surface area contributed by atoms with Gasteiger partial charge >= 0.3 is 0 Å². The Labute approximate surface area is 154 Å². The zero-order valence-corrected chi connectivity index (χ0v) is 15.2. The van der Waals surface area contributed by atoms with Crippen molar-refractivity contribution in [2.24, 2.45) is 0 Å². The van der Waals surface area contributed by atoms with E-state index in [1.54, 1.807) is 11.1 Å². The predicted octanol–water partition coefficient (Wildman–Crippen LogP) is 3.87. The Morgan fingerprint density at radius 2 is 1.77 bits per heavy atom. The topological polar surface area (TPSA) is 49.4 Å². The first kappa shape index (κ1) is 17.9. The van der Waals surface area contributed by atoms with Crippen molar-refractivity contribution in [1.82, 2.24) is 10.2 Å². The lowest BCUT2D eigenvalue weighted by molar-refractivity contribution is -0.129. The molecule has 2 atom stereocenters. The van der Waals surface area contributed by atoms with Gasteiger partial charge in [-0.2, -0.15) is 0 Å². The number of rotatable bonds is 5. The van der Waals surface area contributed by atoms with Crippen LogP contribution in [0.3, 0.4) is 0 Å². The van der Waals surface area contributed by atoms with Crippen molar-refractivity contribution in [2.45, 2.75) is 32.2 Å². The molecule has 2 unspecified atom stereocenters. The summed E-state index contributed by atoms with van der Waals surface area (Å²) in [5.74, 6) is 0.128. The van der Waals surface area contributed by atoms with Crippen molar-refractivity contribution in [1.29, 1.82) is 0 Å². The molecule has 0 saturated heterocycles. The molecule has 1 heterocycles. The lowest BCUT2D eigenvalue weighted by Crippen LogP contribution is -2.36. The molecule has 0 spiro atoms. The molecule has 1 aliphatic rings. The quantitative estimate of drug-likeness (QED) is 0.892. The number of nitrogens with zero attached hydrogens (tertiary/aromatic N) is 1. The highest BCUT2D eigenvalue weighted by atomic mass is 16.2. The minimum atomic E-state index is -0.263. The highest BCUT2D eigenvalue weighted by molar-refractivity contribution is 5.81. The minimum Gasteiger partial charge on any atom is -0.355 e. The lowest BCUT2D eigenvalue weighted by atomic mass is 9.93. The summed E-state index contributed by atoms with van der Waals surface area (Å²) in [7, 11) is 0. The molecule has 0 fully saturated rings. The summed E-state index contributed by atoms with van der Waals surface area (Å²) >= 11 is 0. The summed E-state index contributed by atoms with van der Waals surface area (Å²) in [5, 5.41) is 3.02. The number of amides is 2. The van der Waals surface area contributed by atoms with Gasteiger partial charge in [-0.15, -0.1) is 0 Å². The molecule has 2 amide bonds. The van der Waals surface area contributed by atoms with Gasteiger partial charge < -0.3 is 10.2 Å². The van der Waals surface area contributed by atoms with Crippen LogP contribution in [-0.2, 0) is 9.59 Å². The highest BCUT2D eigenvalue weighted by Gasteiger charge is 2.28. The lowest BCUT2D eigenvalue weighted by Gasteiger charge is -2.32. The summed E-state index contributed by atoms with van der Waals surface area (Å²) < 4.78 is 0. The third-order valence-corrected chi connectivity index (χ3v) is 4.82. The van der Waals surface area contributed by atoms with Gasteiger partial charge in [0.1, 0.15) is 0 Å². The van der Waals surface area contributed by atoms with Gasteiger partial charge in [0.05, 0.1) is 12.5 Å². The molecule has 1 aliphatic heterocycles. The van der Waals surface area contributed by atoms with E-state index in [1.807, 2.05) is 48.5 Å². The first-order valence-electron chi connectivity index (χ1n) is 8.94. The van der Waals surface area contributed by atoms with Crippen LogP contribution >= 0.6 is 0 Å². The summed E-state index contributed by atoms with van der Waals surface area (Å²) in [6.07, 6.45) is 3.94. The van der Waals surface area contributed by atoms with E-state index >= 15 is 0 Å². The van der Waals surface area contributed by atoms with E-state index in [0.29, 0.717) is 6.54 Å². The Morgan fingerprint density at radius 1 is 1.08 bits per heavy atom. The Morgan fingerprint density at radius 3 is 2.50 bits per heavy atom. The summed E-state index contributed by atoms with van der Waals surface area (Å²) in [4.78, 5) is 26.2. The number of nitrogens with one attached hydrogen (secondary N) is 1. The number of carbonyl (C=O) groups excluding carboxylic acids is 2. The largest absolute Gasteiger partial charge is 0.355 e. The fraction of sp³-hybridized carbons (Fsp3) is 0.273. The third kappa shape index (κ3) is 4.02. The molecule has 0 saturated carbocycles. The van der Waals surface area contributed by atoms with Gasteiger partial charge in [-0.1, -0.05) is 61.5 Å². The average molecular weight is 348 g/mol. The van der Waals surface area contributed by atoms with Crippen molar-refractivity contribution in [2.75, 3.05) is 6.54 Å². The van der Waals surface area contributed by atoms with Gasteiger partial charge in [0.15, 0.2) is 0 Å². The molecule has 134 valence electrons. The second kappa shape index (κ2) is 8.00. The van der Waals surface area contributed by atoms with E-state index in [1.165, 1.54) is 12.5 Å². The van der Waals surface area contributed by atoms with Gasteiger partial charge in [0.25, 0.3) is 0 Å². The Balaban J connectivity index is 1.67. The Kier molecular flexibility index (Phi) is 5.52. The molecule has 0 radical (unpaired) electrons. The van der Waals surface area contributed by atoms with E-state index in [-0.39, 0.29) is 30.2 Å².